The van der Waals surface area contributed by atoms with E-state index in [1.54, 1.807) is 0 Å². The van der Waals surface area contributed by atoms with Crippen molar-refractivity contribution in [3.63, 3.8) is 0 Å². The van der Waals surface area contributed by atoms with Crippen molar-refractivity contribution >= 4 is 0 Å². The van der Waals surface area contributed by atoms with Gasteiger partial charge in [-0.2, -0.15) is 0 Å². The van der Waals surface area contributed by atoms with Crippen molar-refractivity contribution < 1.29 is 33.0 Å². The van der Waals surface area contributed by atoms with Gasteiger partial charge in [0.2, 0.25) is 0 Å². The van der Waals surface area contributed by atoms with Gasteiger partial charge < -0.3 is 33.0 Å². The highest BCUT2D eigenvalue weighted by Crippen LogP contribution is 2.19. The highest BCUT2D eigenvalue weighted by Gasteiger charge is 2.14. The molecule has 0 spiro atoms. The third-order valence-electron chi connectivity index (χ3n) is 2.26. The van der Waals surface area contributed by atoms with Crippen LogP contribution < -0.4 is 24.0 Å². The smallest absolute Gasteiger partial charge is 0.191 e. The largest absolute Gasteiger partial charge is 1.00 e. The molecule has 0 saturated heterocycles. The van der Waals surface area contributed by atoms with E-state index in [-0.39, 0.29) is 24.0 Å². The van der Waals surface area contributed by atoms with Crippen LogP contribution in [0.3, 0.4) is 0 Å². The van der Waals surface area contributed by atoms with E-state index in [0.29, 0.717) is 0 Å². The molecule has 0 unspecified atom stereocenters. The zero-order chi connectivity index (χ0) is 11.6. The zero-order valence-electron chi connectivity index (χ0n) is 10.4. The summed E-state index contributed by atoms with van der Waals surface area (Å²) in [5.41, 5.74) is 2.00. The standard InChI is InChI=1S/C13H17N2O.HI/c1-15(2,3)10-12-9-13(14-16-12)11-7-5-4-6-8-11;/h4-9H,10H2,1-3H3;1H/q+1;/p-1. The maximum absolute atomic E-state index is 5.33. The molecule has 17 heavy (non-hydrogen) atoms. The van der Waals surface area contributed by atoms with E-state index in [1.807, 2.05) is 36.4 Å². The van der Waals surface area contributed by atoms with Gasteiger partial charge in [0.1, 0.15) is 12.2 Å². The zero-order valence-corrected chi connectivity index (χ0v) is 12.5. The second-order valence-corrected chi connectivity index (χ2v) is 4.99. The summed E-state index contributed by atoms with van der Waals surface area (Å²) in [7, 11) is 6.39. The van der Waals surface area contributed by atoms with Crippen molar-refractivity contribution in [2.24, 2.45) is 0 Å². The summed E-state index contributed by atoms with van der Waals surface area (Å²) < 4.78 is 6.17. The number of halogens is 1. The fourth-order valence-electron chi connectivity index (χ4n) is 1.60. The normalized spacial score (nSPS) is 11.0. The van der Waals surface area contributed by atoms with Crippen LogP contribution in [0.2, 0.25) is 0 Å². The molecular formula is C13H17IN2O. The summed E-state index contributed by atoms with van der Waals surface area (Å²) in [6.45, 7) is 0.847. The van der Waals surface area contributed by atoms with Gasteiger partial charge >= 0.3 is 0 Å². The van der Waals surface area contributed by atoms with E-state index in [0.717, 1.165) is 28.0 Å². The predicted octanol–water partition coefficient (Wildman–Crippen LogP) is -0.448. The molecule has 4 heteroatoms. The molecule has 0 aliphatic carbocycles. The Morgan fingerprint density at radius 1 is 1.12 bits per heavy atom. The van der Waals surface area contributed by atoms with Gasteiger partial charge in [0.25, 0.3) is 0 Å². The molecule has 0 radical (unpaired) electrons. The van der Waals surface area contributed by atoms with Gasteiger partial charge in [-0.3, -0.25) is 0 Å². The number of hydrogen-bond acceptors (Lipinski definition) is 2. The number of quaternary nitrogens is 1. The third-order valence-corrected chi connectivity index (χ3v) is 2.26. The van der Waals surface area contributed by atoms with Gasteiger partial charge in [-0.1, -0.05) is 35.5 Å². The number of benzene rings is 1. The molecule has 0 saturated carbocycles. The topological polar surface area (TPSA) is 26.0 Å². The first-order chi connectivity index (χ1) is 7.54. The molecule has 0 atom stereocenters. The van der Waals surface area contributed by atoms with E-state index >= 15 is 0 Å². The van der Waals surface area contributed by atoms with Crippen LogP contribution in [0.1, 0.15) is 5.76 Å². The Balaban J connectivity index is 0.00000144. The van der Waals surface area contributed by atoms with Crippen molar-refractivity contribution in [2.45, 2.75) is 6.54 Å². The lowest BCUT2D eigenvalue weighted by Gasteiger charge is -2.21. The maximum atomic E-state index is 5.33. The van der Waals surface area contributed by atoms with E-state index in [2.05, 4.69) is 26.3 Å². The molecular weight excluding hydrogens is 327 g/mol. The minimum Gasteiger partial charge on any atom is -1.00 e. The van der Waals surface area contributed by atoms with E-state index in [9.17, 15) is 0 Å². The van der Waals surface area contributed by atoms with Crippen molar-refractivity contribution in [3.05, 3.63) is 42.2 Å². The first-order valence-corrected chi connectivity index (χ1v) is 5.36. The predicted molar refractivity (Wildman–Crippen MR) is 63.7 cm³/mol. The second-order valence-electron chi connectivity index (χ2n) is 4.99. The molecule has 1 heterocycles. The second kappa shape index (κ2) is 5.64. The Bertz CT molecular complexity index is 460. The first-order valence-electron chi connectivity index (χ1n) is 5.36. The molecule has 0 bridgehead atoms. The minimum atomic E-state index is 0. The lowest BCUT2D eigenvalue weighted by molar-refractivity contribution is -0.885. The summed E-state index contributed by atoms with van der Waals surface area (Å²) in [5.74, 6) is 0.923. The summed E-state index contributed by atoms with van der Waals surface area (Å²) in [6, 6.07) is 12.1. The Labute approximate surface area is 119 Å². The molecule has 1 aromatic heterocycles. The summed E-state index contributed by atoms with van der Waals surface area (Å²) >= 11 is 0. The Morgan fingerprint density at radius 3 is 2.35 bits per heavy atom. The van der Waals surface area contributed by atoms with Crippen molar-refractivity contribution in [3.8, 4) is 11.3 Å². The third kappa shape index (κ3) is 4.12. The fraction of sp³-hybridized carbons (Fsp3) is 0.308. The molecule has 3 nitrogen and oxygen atoms in total. The van der Waals surface area contributed by atoms with Crippen LogP contribution in [0.25, 0.3) is 11.3 Å². The van der Waals surface area contributed by atoms with Gasteiger partial charge in [0.05, 0.1) is 21.1 Å². The van der Waals surface area contributed by atoms with Crippen molar-refractivity contribution in [1.29, 1.82) is 0 Å². The van der Waals surface area contributed by atoms with Gasteiger partial charge in [-0.15, -0.1) is 0 Å². The van der Waals surface area contributed by atoms with Gasteiger partial charge in [0.15, 0.2) is 5.76 Å². The first kappa shape index (κ1) is 14.2. The van der Waals surface area contributed by atoms with Crippen molar-refractivity contribution in [2.75, 3.05) is 21.1 Å². The maximum Gasteiger partial charge on any atom is 0.191 e. The molecule has 92 valence electrons. The highest BCUT2D eigenvalue weighted by atomic mass is 127. The van der Waals surface area contributed by atoms with Crippen LogP contribution in [0.15, 0.2) is 40.9 Å². The van der Waals surface area contributed by atoms with E-state index in [1.165, 1.54) is 0 Å². The lowest BCUT2D eigenvalue weighted by atomic mass is 10.1. The molecule has 2 rings (SSSR count). The minimum absolute atomic E-state index is 0. The average molecular weight is 344 g/mol. The number of nitrogens with zero attached hydrogens (tertiary/aromatic N) is 2. The van der Waals surface area contributed by atoms with Gasteiger partial charge in [-0.25, -0.2) is 0 Å². The van der Waals surface area contributed by atoms with Crippen LogP contribution in [-0.2, 0) is 6.54 Å². The van der Waals surface area contributed by atoms with E-state index < -0.39 is 0 Å². The van der Waals surface area contributed by atoms with Gasteiger partial charge in [-0.05, 0) is 0 Å². The molecule has 2 aromatic rings. The van der Waals surface area contributed by atoms with Crippen LogP contribution in [-0.4, -0.2) is 30.8 Å². The molecule has 1 aromatic carbocycles. The van der Waals surface area contributed by atoms with Gasteiger partial charge in [0, 0.05) is 11.6 Å². The quantitative estimate of drug-likeness (QED) is 0.557. The van der Waals surface area contributed by atoms with E-state index in [4.69, 9.17) is 4.52 Å². The lowest BCUT2D eigenvalue weighted by Crippen LogP contribution is -3.00. The number of hydrogen-bond donors (Lipinski definition) is 0. The summed E-state index contributed by atoms with van der Waals surface area (Å²) in [5, 5.41) is 4.09. The Morgan fingerprint density at radius 2 is 1.76 bits per heavy atom. The Kier molecular flexibility index (Phi) is 4.70. The summed E-state index contributed by atoms with van der Waals surface area (Å²) in [6.07, 6.45) is 0. The van der Waals surface area contributed by atoms with Crippen molar-refractivity contribution in [1.82, 2.24) is 5.16 Å². The molecule has 0 fully saturated rings. The monoisotopic (exact) mass is 344 g/mol. The highest BCUT2D eigenvalue weighted by molar-refractivity contribution is 5.58. The SMILES string of the molecule is C[N+](C)(C)Cc1cc(-c2ccccc2)no1.[I-]. The average Bonchev–Trinajstić information content (AvgIpc) is 2.65. The molecule has 0 aliphatic heterocycles. The molecule has 0 aliphatic rings. The van der Waals surface area contributed by atoms with Crippen LogP contribution in [0, 0.1) is 0 Å². The molecule has 0 N–H and O–H groups in total. The fourth-order valence-corrected chi connectivity index (χ4v) is 1.60. The molecule has 0 amide bonds. The van der Waals surface area contributed by atoms with Crippen LogP contribution >= 0.6 is 0 Å². The Hall–Kier alpha value is -0.880. The van der Waals surface area contributed by atoms with Crippen LogP contribution in [0.5, 0.6) is 0 Å². The number of rotatable bonds is 3. The van der Waals surface area contributed by atoms with Crippen LogP contribution in [0.4, 0.5) is 0 Å². The summed E-state index contributed by atoms with van der Waals surface area (Å²) in [4.78, 5) is 0. The number of aromatic nitrogens is 1.